The van der Waals surface area contributed by atoms with Crippen LogP contribution in [0.15, 0.2) is 29.3 Å². The number of fused-ring (bicyclic) bond motifs is 2. The van der Waals surface area contributed by atoms with Crippen molar-refractivity contribution < 1.29 is 9.13 Å². The van der Waals surface area contributed by atoms with E-state index in [1.807, 2.05) is 0 Å². The van der Waals surface area contributed by atoms with E-state index in [0.717, 1.165) is 38.8 Å². The number of anilines is 1. The van der Waals surface area contributed by atoms with Gasteiger partial charge in [-0.25, -0.2) is 14.2 Å². The monoisotopic (exact) mass is 423 g/mol. The molecule has 0 spiro atoms. The molecule has 6 rings (SSSR count). The van der Waals surface area contributed by atoms with E-state index >= 15 is 0 Å². The van der Waals surface area contributed by atoms with E-state index in [2.05, 4.69) is 14.9 Å². The van der Waals surface area contributed by atoms with Gasteiger partial charge in [-0.05, 0) is 37.8 Å². The molecule has 1 aromatic carbocycles. The van der Waals surface area contributed by atoms with Crippen LogP contribution in [0, 0.1) is 5.82 Å². The first kappa shape index (κ1) is 18.5. The second-order valence-electron chi connectivity index (χ2n) is 8.13. The molecule has 31 heavy (non-hydrogen) atoms. The van der Waals surface area contributed by atoms with Crippen molar-refractivity contribution >= 4 is 28.0 Å². The zero-order chi connectivity index (χ0) is 20.9. The van der Waals surface area contributed by atoms with Gasteiger partial charge in [-0.15, -0.1) is 0 Å². The van der Waals surface area contributed by atoms with E-state index in [1.165, 1.54) is 12.1 Å². The molecule has 0 aliphatic carbocycles. The molecule has 2 fully saturated rings. The van der Waals surface area contributed by atoms with Crippen LogP contribution in [-0.2, 0) is 4.74 Å². The lowest BCUT2D eigenvalue weighted by Crippen LogP contribution is -2.27. The Bertz CT molecular complexity index is 1330. The van der Waals surface area contributed by atoms with Crippen LogP contribution in [0.5, 0.6) is 0 Å². The first-order valence-electron chi connectivity index (χ1n) is 10.7. The summed E-state index contributed by atoms with van der Waals surface area (Å²) in [5.74, 6) is 0.733. The first-order chi connectivity index (χ1) is 15.2. The molecule has 0 bridgehead atoms. The molecule has 0 atom stereocenters. The van der Waals surface area contributed by atoms with Gasteiger partial charge in [-0.2, -0.15) is 9.97 Å². The summed E-state index contributed by atoms with van der Waals surface area (Å²) in [5.41, 5.74) is 2.28. The van der Waals surface area contributed by atoms with Gasteiger partial charge in [0.05, 0.1) is 11.0 Å². The number of rotatable bonds is 3. The number of nitrogens with one attached hydrogen (secondary N) is 1. The molecule has 2 saturated heterocycles. The van der Waals surface area contributed by atoms with Crippen LogP contribution >= 0.6 is 0 Å². The standard InChI is InChI=1S/C21H22FN7O2/c22-13-3-4-15-16(11-13)28(12-23-15)20-25-18(27-7-1-2-8-27)17-19(26-20)29(21(30)24-17)14-5-9-31-10-6-14/h3-4,11-12,14H,1-2,5-10H2,(H,24,30). The van der Waals surface area contributed by atoms with Crippen molar-refractivity contribution in [2.45, 2.75) is 31.7 Å². The molecule has 0 saturated carbocycles. The molecule has 10 heteroatoms. The molecule has 0 unspecified atom stereocenters. The Labute approximate surface area is 176 Å². The van der Waals surface area contributed by atoms with E-state index in [9.17, 15) is 9.18 Å². The number of hydrogen-bond acceptors (Lipinski definition) is 6. The Morgan fingerprint density at radius 3 is 2.74 bits per heavy atom. The molecule has 0 radical (unpaired) electrons. The fourth-order valence-electron chi connectivity index (χ4n) is 4.66. The Morgan fingerprint density at radius 2 is 1.94 bits per heavy atom. The lowest BCUT2D eigenvalue weighted by molar-refractivity contribution is 0.0697. The topological polar surface area (TPSA) is 93.9 Å². The van der Waals surface area contributed by atoms with Gasteiger partial charge in [-0.1, -0.05) is 0 Å². The number of H-pyrrole nitrogens is 1. The predicted octanol–water partition coefficient (Wildman–Crippen LogP) is 2.55. The summed E-state index contributed by atoms with van der Waals surface area (Å²) in [7, 11) is 0. The molecule has 0 amide bonds. The number of aromatic amines is 1. The van der Waals surface area contributed by atoms with Gasteiger partial charge in [0.1, 0.15) is 17.7 Å². The minimum absolute atomic E-state index is 0.0150. The normalized spacial score (nSPS) is 17.9. The summed E-state index contributed by atoms with van der Waals surface area (Å²) in [6, 6.07) is 4.46. The van der Waals surface area contributed by atoms with Crippen molar-refractivity contribution in [1.29, 1.82) is 0 Å². The van der Waals surface area contributed by atoms with Crippen molar-refractivity contribution in [2.24, 2.45) is 0 Å². The van der Waals surface area contributed by atoms with Crippen LogP contribution in [0.4, 0.5) is 10.2 Å². The zero-order valence-corrected chi connectivity index (χ0v) is 16.9. The molecule has 9 nitrogen and oxygen atoms in total. The summed E-state index contributed by atoms with van der Waals surface area (Å²) >= 11 is 0. The smallest absolute Gasteiger partial charge is 0.328 e. The number of hydrogen-bond donors (Lipinski definition) is 1. The van der Waals surface area contributed by atoms with Crippen LogP contribution in [0.25, 0.3) is 28.1 Å². The third-order valence-corrected chi connectivity index (χ3v) is 6.22. The summed E-state index contributed by atoms with van der Waals surface area (Å²) in [4.78, 5) is 32.1. The molecule has 2 aliphatic heterocycles. The van der Waals surface area contributed by atoms with Crippen LogP contribution in [0.2, 0.25) is 0 Å². The van der Waals surface area contributed by atoms with Gasteiger partial charge < -0.3 is 14.6 Å². The van der Waals surface area contributed by atoms with Crippen molar-refractivity contribution in [1.82, 2.24) is 29.1 Å². The summed E-state index contributed by atoms with van der Waals surface area (Å²) in [6.07, 6.45) is 5.26. The molecular weight excluding hydrogens is 401 g/mol. The number of imidazole rings is 2. The Hall–Kier alpha value is -3.27. The van der Waals surface area contributed by atoms with E-state index in [1.54, 1.807) is 21.5 Å². The van der Waals surface area contributed by atoms with Crippen LogP contribution in [-0.4, -0.2) is 55.4 Å². The molecule has 160 valence electrons. The lowest BCUT2D eigenvalue weighted by Gasteiger charge is -2.23. The highest BCUT2D eigenvalue weighted by Gasteiger charge is 2.26. The summed E-state index contributed by atoms with van der Waals surface area (Å²) < 4.78 is 22.9. The van der Waals surface area contributed by atoms with E-state index < -0.39 is 0 Å². The highest BCUT2D eigenvalue weighted by molar-refractivity contribution is 5.85. The number of benzene rings is 1. The Morgan fingerprint density at radius 1 is 1.13 bits per heavy atom. The summed E-state index contributed by atoms with van der Waals surface area (Å²) in [6.45, 7) is 2.98. The molecule has 1 N–H and O–H groups in total. The molecular formula is C21H22FN7O2. The SMILES string of the molecule is O=c1[nH]c2c(N3CCCC3)nc(-n3cnc4ccc(F)cc43)nc2n1C1CCOCC1. The zero-order valence-electron chi connectivity index (χ0n) is 16.9. The van der Waals surface area contributed by atoms with Gasteiger partial charge in [0.15, 0.2) is 11.5 Å². The van der Waals surface area contributed by atoms with Crippen molar-refractivity contribution in [3.63, 3.8) is 0 Å². The van der Waals surface area contributed by atoms with E-state index in [0.29, 0.717) is 47.2 Å². The fourth-order valence-corrected chi connectivity index (χ4v) is 4.66. The van der Waals surface area contributed by atoms with Crippen LogP contribution in [0.3, 0.4) is 0 Å². The molecule has 3 aromatic heterocycles. The fraction of sp³-hybridized carbons (Fsp3) is 0.429. The van der Waals surface area contributed by atoms with Gasteiger partial charge >= 0.3 is 5.69 Å². The summed E-state index contributed by atoms with van der Waals surface area (Å²) in [5, 5.41) is 0. The second-order valence-corrected chi connectivity index (χ2v) is 8.13. The maximum atomic E-state index is 13.9. The van der Waals surface area contributed by atoms with Crippen LogP contribution in [0.1, 0.15) is 31.7 Å². The number of aromatic nitrogens is 6. The van der Waals surface area contributed by atoms with Gasteiger partial charge in [0, 0.05) is 38.4 Å². The minimum Gasteiger partial charge on any atom is -0.381 e. The van der Waals surface area contributed by atoms with Crippen molar-refractivity contribution in [2.75, 3.05) is 31.2 Å². The van der Waals surface area contributed by atoms with Gasteiger partial charge in [0.25, 0.3) is 0 Å². The molecule has 2 aliphatic rings. The molecule has 4 aromatic rings. The quantitative estimate of drug-likeness (QED) is 0.544. The third-order valence-electron chi connectivity index (χ3n) is 6.22. The average molecular weight is 423 g/mol. The van der Waals surface area contributed by atoms with Crippen molar-refractivity contribution in [3.8, 4) is 5.95 Å². The molecule has 5 heterocycles. The Kier molecular flexibility index (Phi) is 4.27. The number of ether oxygens (including phenoxy) is 1. The van der Waals surface area contributed by atoms with E-state index in [-0.39, 0.29) is 17.5 Å². The predicted molar refractivity (Wildman–Crippen MR) is 113 cm³/mol. The largest absolute Gasteiger partial charge is 0.381 e. The second kappa shape index (κ2) is 7.16. The lowest BCUT2D eigenvalue weighted by atomic mass is 10.1. The maximum Gasteiger partial charge on any atom is 0.328 e. The Balaban J connectivity index is 1.61. The first-order valence-corrected chi connectivity index (χ1v) is 10.7. The highest BCUT2D eigenvalue weighted by atomic mass is 19.1. The maximum absolute atomic E-state index is 13.9. The number of nitrogens with zero attached hydrogens (tertiary/aromatic N) is 6. The van der Waals surface area contributed by atoms with Gasteiger partial charge in [-0.3, -0.25) is 9.13 Å². The van der Waals surface area contributed by atoms with Crippen molar-refractivity contribution in [3.05, 3.63) is 40.8 Å². The third kappa shape index (κ3) is 3.01. The minimum atomic E-state index is -0.351. The number of halogens is 1. The van der Waals surface area contributed by atoms with Gasteiger partial charge in [0.2, 0.25) is 5.95 Å². The average Bonchev–Trinajstić information content (AvgIpc) is 3.51. The van der Waals surface area contributed by atoms with Crippen LogP contribution < -0.4 is 10.6 Å². The highest BCUT2D eigenvalue weighted by Crippen LogP contribution is 2.30. The van der Waals surface area contributed by atoms with E-state index in [4.69, 9.17) is 14.7 Å².